The fourth-order valence-electron chi connectivity index (χ4n) is 4.14. The van der Waals surface area contributed by atoms with E-state index in [4.69, 9.17) is 4.74 Å². The lowest BCUT2D eigenvalue weighted by molar-refractivity contribution is -0.161. The van der Waals surface area contributed by atoms with Crippen molar-refractivity contribution in [2.45, 2.75) is 84.4 Å². The van der Waals surface area contributed by atoms with E-state index in [2.05, 4.69) is 18.7 Å². The number of ether oxygens (including phenoxy) is 1. The predicted molar refractivity (Wildman–Crippen MR) is 94.6 cm³/mol. The van der Waals surface area contributed by atoms with Gasteiger partial charge in [-0.25, -0.2) is 0 Å². The molecule has 0 spiro atoms. The lowest BCUT2D eigenvalue weighted by Gasteiger charge is -2.28. The Kier molecular flexibility index (Phi) is 6.29. The predicted octanol–water partition coefficient (Wildman–Crippen LogP) is 2.83. The third-order valence-corrected chi connectivity index (χ3v) is 5.05. The molecule has 0 aromatic heterocycles. The minimum absolute atomic E-state index is 0.0680. The summed E-state index contributed by atoms with van der Waals surface area (Å²) < 4.78 is 5.59. The molecule has 0 aromatic rings. The highest BCUT2D eigenvalue weighted by atomic mass is 16.6. The van der Waals surface area contributed by atoms with Crippen molar-refractivity contribution in [1.82, 2.24) is 9.80 Å². The zero-order chi connectivity index (χ0) is 17.9. The van der Waals surface area contributed by atoms with Gasteiger partial charge in [-0.1, -0.05) is 13.8 Å². The Morgan fingerprint density at radius 2 is 1.75 bits per heavy atom. The first-order valence-corrected chi connectivity index (χ1v) is 9.53. The molecule has 24 heavy (non-hydrogen) atoms. The number of hydrogen-bond acceptors (Lipinski definition) is 4. The van der Waals surface area contributed by atoms with E-state index in [-0.39, 0.29) is 23.8 Å². The van der Waals surface area contributed by atoms with Gasteiger partial charge in [-0.05, 0) is 52.9 Å². The monoisotopic (exact) mass is 338 g/mol. The Morgan fingerprint density at radius 1 is 1.12 bits per heavy atom. The second-order valence-corrected chi connectivity index (χ2v) is 8.23. The fraction of sp³-hybridized carbons (Fsp3) is 0.895. The molecule has 5 heteroatoms. The van der Waals surface area contributed by atoms with Crippen LogP contribution in [0.3, 0.4) is 0 Å². The Hall–Kier alpha value is -1.10. The summed E-state index contributed by atoms with van der Waals surface area (Å²) in [7, 11) is 0. The van der Waals surface area contributed by atoms with Crippen LogP contribution < -0.4 is 0 Å². The molecular formula is C19H34N2O3. The molecule has 2 aliphatic rings. The number of amides is 1. The van der Waals surface area contributed by atoms with Crippen LogP contribution in [0.5, 0.6) is 0 Å². The SMILES string of the molecule is CCCN(CCC)C(=O)CN1[C@H]2CC[C@H]1[C@@H](C(=O)OC(C)(C)C)C2. The summed E-state index contributed by atoms with van der Waals surface area (Å²) >= 11 is 0. The number of rotatable bonds is 7. The van der Waals surface area contributed by atoms with Crippen molar-refractivity contribution >= 4 is 11.9 Å². The van der Waals surface area contributed by atoms with Gasteiger partial charge < -0.3 is 9.64 Å². The first-order chi connectivity index (χ1) is 11.3. The van der Waals surface area contributed by atoms with E-state index in [0.717, 1.165) is 45.2 Å². The molecule has 2 saturated heterocycles. The van der Waals surface area contributed by atoms with Gasteiger partial charge in [-0.15, -0.1) is 0 Å². The number of esters is 1. The van der Waals surface area contributed by atoms with Crippen LogP contribution in [0, 0.1) is 5.92 Å². The van der Waals surface area contributed by atoms with E-state index in [1.54, 1.807) is 0 Å². The molecule has 2 rings (SSSR count). The van der Waals surface area contributed by atoms with Crippen LogP contribution >= 0.6 is 0 Å². The van der Waals surface area contributed by atoms with Gasteiger partial charge in [0, 0.05) is 25.2 Å². The van der Waals surface area contributed by atoms with Crippen molar-refractivity contribution in [1.29, 1.82) is 0 Å². The van der Waals surface area contributed by atoms with E-state index < -0.39 is 5.60 Å². The molecule has 3 atom stereocenters. The van der Waals surface area contributed by atoms with Crippen LogP contribution in [0.1, 0.15) is 66.7 Å². The molecule has 2 heterocycles. The molecule has 0 unspecified atom stereocenters. The van der Waals surface area contributed by atoms with Gasteiger partial charge in [0.1, 0.15) is 5.60 Å². The first kappa shape index (κ1) is 19.2. The number of nitrogens with zero attached hydrogens (tertiary/aromatic N) is 2. The third kappa shape index (κ3) is 4.50. The van der Waals surface area contributed by atoms with Crippen LogP contribution in [0.2, 0.25) is 0 Å². The van der Waals surface area contributed by atoms with Crippen LogP contribution in [0.15, 0.2) is 0 Å². The first-order valence-electron chi connectivity index (χ1n) is 9.53. The molecule has 2 aliphatic heterocycles. The number of fused-ring (bicyclic) bond motifs is 2. The molecule has 138 valence electrons. The summed E-state index contributed by atoms with van der Waals surface area (Å²) in [6.45, 7) is 12.0. The number of carbonyl (C=O) groups excluding carboxylic acids is 2. The highest BCUT2D eigenvalue weighted by molar-refractivity contribution is 5.79. The normalized spacial score (nSPS) is 26.6. The van der Waals surface area contributed by atoms with Gasteiger partial charge in [0.05, 0.1) is 12.5 Å². The van der Waals surface area contributed by atoms with Crippen LogP contribution in [-0.2, 0) is 14.3 Å². The number of hydrogen-bond donors (Lipinski definition) is 0. The second kappa shape index (κ2) is 7.85. The van der Waals surface area contributed by atoms with Crippen molar-refractivity contribution in [3.8, 4) is 0 Å². The smallest absolute Gasteiger partial charge is 0.311 e. The Morgan fingerprint density at radius 3 is 2.29 bits per heavy atom. The van der Waals surface area contributed by atoms with Crippen molar-refractivity contribution in [3.05, 3.63) is 0 Å². The second-order valence-electron chi connectivity index (χ2n) is 8.23. The molecule has 2 bridgehead atoms. The van der Waals surface area contributed by atoms with E-state index in [9.17, 15) is 9.59 Å². The molecule has 0 saturated carbocycles. The summed E-state index contributed by atoms with van der Waals surface area (Å²) in [5, 5.41) is 0. The molecular weight excluding hydrogens is 304 g/mol. The maximum atomic E-state index is 12.7. The topological polar surface area (TPSA) is 49.9 Å². The summed E-state index contributed by atoms with van der Waals surface area (Å²) in [6, 6.07) is 0.542. The molecule has 0 radical (unpaired) electrons. The zero-order valence-electron chi connectivity index (χ0n) is 16.0. The highest BCUT2D eigenvalue weighted by Crippen LogP contribution is 2.42. The minimum atomic E-state index is -0.446. The fourth-order valence-corrected chi connectivity index (χ4v) is 4.14. The lowest BCUT2D eigenvalue weighted by atomic mass is 9.89. The molecule has 0 aliphatic carbocycles. The number of carbonyl (C=O) groups is 2. The summed E-state index contributed by atoms with van der Waals surface area (Å²) in [5.41, 5.74) is -0.446. The van der Waals surface area contributed by atoms with Crippen molar-refractivity contribution in [2.24, 2.45) is 5.92 Å². The van der Waals surface area contributed by atoms with E-state index >= 15 is 0 Å². The largest absolute Gasteiger partial charge is 0.460 e. The third-order valence-electron chi connectivity index (χ3n) is 5.05. The van der Waals surface area contributed by atoms with Crippen molar-refractivity contribution < 1.29 is 14.3 Å². The van der Waals surface area contributed by atoms with Gasteiger partial charge >= 0.3 is 5.97 Å². The molecule has 0 aromatic carbocycles. The Bertz CT molecular complexity index is 452. The Labute approximate surface area is 146 Å². The maximum absolute atomic E-state index is 12.7. The van der Waals surface area contributed by atoms with Gasteiger partial charge in [0.2, 0.25) is 5.91 Å². The van der Waals surface area contributed by atoms with Crippen molar-refractivity contribution in [3.63, 3.8) is 0 Å². The average molecular weight is 338 g/mol. The van der Waals surface area contributed by atoms with E-state index in [1.165, 1.54) is 0 Å². The molecule has 1 amide bonds. The van der Waals surface area contributed by atoms with Gasteiger partial charge in [0.15, 0.2) is 0 Å². The quantitative estimate of drug-likeness (QED) is 0.670. The lowest BCUT2D eigenvalue weighted by Crippen LogP contribution is -2.44. The highest BCUT2D eigenvalue weighted by Gasteiger charge is 2.50. The van der Waals surface area contributed by atoms with Gasteiger partial charge in [-0.3, -0.25) is 14.5 Å². The average Bonchev–Trinajstić information content (AvgIpc) is 3.02. The van der Waals surface area contributed by atoms with Crippen molar-refractivity contribution in [2.75, 3.05) is 19.6 Å². The molecule has 5 nitrogen and oxygen atoms in total. The minimum Gasteiger partial charge on any atom is -0.460 e. The standard InChI is InChI=1S/C19H34N2O3/c1-6-10-20(11-7-2)17(22)13-21-14-8-9-16(21)15(12-14)18(23)24-19(3,4)5/h14-16H,6-13H2,1-5H3/t14-,15-,16-/m0/s1. The van der Waals surface area contributed by atoms with E-state index in [0.29, 0.717) is 12.6 Å². The Balaban J connectivity index is 1.97. The van der Waals surface area contributed by atoms with Crippen LogP contribution in [0.25, 0.3) is 0 Å². The van der Waals surface area contributed by atoms with Crippen LogP contribution in [0.4, 0.5) is 0 Å². The maximum Gasteiger partial charge on any atom is 0.311 e. The summed E-state index contributed by atoms with van der Waals surface area (Å²) in [6.07, 6.45) is 4.91. The zero-order valence-corrected chi connectivity index (χ0v) is 16.0. The molecule has 2 fully saturated rings. The van der Waals surface area contributed by atoms with Gasteiger partial charge in [0.25, 0.3) is 0 Å². The van der Waals surface area contributed by atoms with E-state index in [1.807, 2.05) is 25.7 Å². The van der Waals surface area contributed by atoms with Gasteiger partial charge in [-0.2, -0.15) is 0 Å². The summed E-state index contributed by atoms with van der Waals surface area (Å²) in [4.78, 5) is 29.4. The van der Waals surface area contributed by atoms with Crippen LogP contribution in [-0.4, -0.2) is 59.0 Å². The summed E-state index contributed by atoms with van der Waals surface area (Å²) in [5.74, 6) is 0.0492. The molecule has 0 N–H and O–H groups in total.